The van der Waals surface area contributed by atoms with E-state index in [1.807, 2.05) is 41.3 Å². The number of likely N-dealkylation sites (tertiary alicyclic amines) is 2. The minimum absolute atomic E-state index is 0.00427. The molecule has 2 aliphatic heterocycles. The lowest BCUT2D eigenvalue weighted by Crippen LogP contribution is -2.50. The Labute approximate surface area is 221 Å². The van der Waals surface area contributed by atoms with Crippen LogP contribution in [0.3, 0.4) is 0 Å². The number of anilines is 1. The molecule has 7 heteroatoms. The second kappa shape index (κ2) is 12.5. The molecule has 2 aromatic rings. The molecule has 1 amide bonds. The van der Waals surface area contributed by atoms with Crippen molar-refractivity contribution in [3.63, 3.8) is 0 Å². The Morgan fingerprint density at radius 1 is 0.919 bits per heavy atom. The number of carbonyl (C=O) groups excluding carboxylic acids is 2. The SMILES string of the molecule is CC(=O)ON(CC(=O)N1CCC2(CCN(Cc3ccccc3OCC(C)C)CC2)CC1)c1ccccc1. The van der Waals surface area contributed by atoms with E-state index in [0.717, 1.165) is 70.8 Å². The van der Waals surface area contributed by atoms with Gasteiger partial charge in [-0.25, -0.2) is 0 Å². The second-order valence-electron chi connectivity index (χ2n) is 10.9. The summed E-state index contributed by atoms with van der Waals surface area (Å²) in [5.41, 5.74) is 2.27. The minimum atomic E-state index is -0.435. The summed E-state index contributed by atoms with van der Waals surface area (Å²) in [6.45, 7) is 11.0. The molecular weight excluding hydrogens is 466 g/mol. The summed E-state index contributed by atoms with van der Waals surface area (Å²) in [5.74, 6) is 1.07. The van der Waals surface area contributed by atoms with Crippen molar-refractivity contribution in [3.05, 3.63) is 60.2 Å². The first-order chi connectivity index (χ1) is 17.8. The quantitative estimate of drug-likeness (QED) is 0.450. The van der Waals surface area contributed by atoms with Crippen LogP contribution in [0.4, 0.5) is 5.69 Å². The Morgan fingerprint density at radius 2 is 1.54 bits per heavy atom. The fraction of sp³-hybridized carbons (Fsp3) is 0.533. The van der Waals surface area contributed by atoms with Crippen LogP contribution >= 0.6 is 0 Å². The average molecular weight is 508 g/mol. The van der Waals surface area contributed by atoms with Crippen LogP contribution in [0.2, 0.25) is 0 Å². The van der Waals surface area contributed by atoms with Gasteiger partial charge in [0.15, 0.2) is 0 Å². The number of piperidine rings is 2. The lowest BCUT2D eigenvalue weighted by atomic mass is 9.71. The predicted molar refractivity (Wildman–Crippen MR) is 145 cm³/mol. The van der Waals surface area contributed by atoms with E-state index in [1.54, 1.807) is 0 Å². The van der Waals surface area contributed by atoms with Crippen molar-refractivity contribution in [1.82, 2.24) is 9.80 Å². The Hall–Kier alpha value is -3.06. The van der Waals surface area contributed by atoms with Gasteiger partial charge >= 0.3 is 5.97 Å². The number of rotatable bonds is 9. The molecule has 0 unspecified atom stereocenters. The van der Waals surface area contributed by atoms with Crippen LogP contribution in [0.15, 0.2) is 54.6 Å². The fourth-order valence-corrected chi connectivity index (χ4v) is 5.34. The molecule has 0 atom stereocenters. The highest BCUT2D eigenvalue weighted by atomic mass is 16.7. The van der Waals surface area contributed by atoms with Crippen LogP contribution in [-0.4, -0.2) is 61.0 Å². The number of hydrogen-bond donors (Lipinski definition) is 0. The normalized spacial score (nSPS) is 17.6. The topological polar surface area (TPSA) is 62.3 Å². The first kappa shape index (κ1) is 27.0. The molecule has 2 fully saturated rings. The third-order valence-electron chi connectivity index (χ3n) is 7.59. The fourth-order valence-electron chi connectivity index (χ4n) is 5.34. The maximum atomic E-state index is 13.1. The summed E-state index contributed by atoms with van der Waals surface area (Å²) in [5, 5.41) is 1.40. The average Bonchev–Trinajstić information content (AvgIpc) is 2.90. The minimum Gasteiger partial charge on any atom is -0.493 e. The lowest BCUT2D eigenvalue weighted by Gasteiger charge is -2.47. The molecule has 0 aromatic heterocycles. The Bertz CT molecular complexity index is 1020. The summed E-state index contributed by atoms with van der Waals surface area (Å²) in [6.07, 6.45) is 4.38. The first-order valence-electron chi connectivity index (χ1n) is 13.6. The van der Waals surface area contributed by atoms with E-state index in [9.17, 15) is 9.59 Å². The number of ether oxygens (including phenoxy) is 1. The van der Waals surface area contributed by atoms with E-state index in [-0.39, 0.29) is 12.5 Å². The van der Waals surface area contributed by atoms with Crippen LogP contribution in [0.5, 0.6) is 5.75 Å². The summed E-state index contributed by atoms with van der Waals surface area (Å²) in [6, 6.07) is 17.7. The van der Waals surface area contributed by atoms with E-state index >= 15 is 0 Å². The van der Waals surface area contributed by atoms with Gasteiger partial charge in [0.1, 0.15) is 12.3 Å². The van der Waals surface area contributed by atoms with Crippen LogP contribution in [0.1, 0.15) is 52.0 Å². The molecule has 2 aliphatic rings. The molecular formula is C30H41N3O4. The van der Waals surface area contributed by atoms with E-state index in [2.05, 4.69) is 36.9 Å². The van der Waals surface area contributed by atoms with Gasteiger partial charge in [-0.05, 0) is 68.3 Å². The highest BCUT2D eigenvalue weighted by molar-refractivity contribution is 5.82. The molecule has 0 saturated carbocycles. The van der Waals surface area contributed by atoms with Gasteiger partial charge < -0.3 is 14.5 Å². The molecule has 2 aromatic carbocycles. The van der Waals surface area contributed by atoms with Crippen molar-refractivity contribution in [2.75, 3.05) is 44.4 Å². The van der Waals surface area contributed by atoms with Crippen molar-refractivity contribution in [1.29, 1.82) is 0 Å². The molecule has 2 heterocycles. The van der Waals surface area contributed by atoms with E-state index < -0.39 is 5.97 Å². The molecule has 1 spiro atoms. The van der Waals surface area contributed by atoms with E-state index in [4.69, 9.17) is 9.57 Å². The van der Waals surface area contributed by atoms with Crippen LogP contribution < -0.4 is 9.80 Å². The van der Waals surface area contributed by atoms with Crippen LogP contribution in [-0.2, 0) is 21.0 Å². The Balaban J connectivity index is 1.27. The van der Waals surface area contributed by atoms with Gasteiger partial charge in [-0.3, -0.25) is 14.5 Å². The third kappa shape index (κ3) is 7.48. The molecule has 7 nitrogen and oxygen atoms in total. The van der Waals surface area contributed by atoms with Crippen molar-refractivity contribution < 1.29 is 19.2 Å². The monoisotopic (exact) mass is 507 g/mol. The molecule has 4 rings (SSSR count). The van der Waals surface area contributed by atoms with Crippen molar-refractivity contribution in [3.8, 4) is 5.75 Å². The van der Waals surface area contributed by atoms with Crippen LogP contribution in [0, 0.1) is 11.3 Å². The van der Waals surface area contributed by atoms with Crippen molar-refractivity contribution in [2.24, 2.45) is 11.3 Å². The highest BCUT2D eigenvalue weighted by Crippen LogP contribution is 2.41. The maximum Gasteiger partial charge on any atom is 0.329 e. The number of benzene rings is 2. The number of carbonyl (C=O) groups is 2. The van der Waals surface area contributed by atoms with Gasteiger partial charge in [0.25, 0.3) is 0 Å². The second-order valence-corrected chi connectivity index (χ2v) is 10.9. The molecule has 0 radical (unpaired) electrons. The number of para-hydroxylation sites is 2. The molecule has 0 bridgehead atoms. The van der Waals surface area contributed by atoms with Crippen molar-refractivity contribution in [2.45, 2.75) is 53.0 Å². The predicted octanol–water partition coefficient (Wildman–Crippen LogP) is 4.91. The third-order valence-corrected chi connectivity index (χ3v) is 7.59. The zero-order valence-electron chi connectivity index (χ0n) is 22.5. The van der Waals surface area contributed by atoms with Crippen LogP contribution in [0.25, 0.3) is 0 Å². The zero-order valence-corrected chi connectivity index (χ0v) is 22.5. The summed E-state index contributed by atoms with van der Waals surface area (Å²) < 4.78 is 6.07. The molecule has 2 saturated heterocycles. The van der Waals surface area contributed by atoms with Gasteiger partial charge in [0, 0.05) is 32.1 Å². The Morgan fingerprint density at radius 3 is 2.19 bits per heavy atom. The van der Waals surface area contributed by atoms with Gasteiger partial charge in [-0.2, -0.15) is 5.06 Å². The summed E-state index contributed by atoms with van der Waals surface area (Å²) in [7, 11) is 0. The molecule has 0 aliphatic carbocycles. The van der Waals surface area contributed by atoms with Gasteiger partial charge in [0.05, 0.1) is 12.3 Å². The molecule has 37 heavy (non-hydrogen) atoms. The number of hydrogen-bond acceptors (Lipinski definition) is 6. The van der Waals surface area contributed by atoms with Crippen molar-refractivity contribution >= 4 is 17.6 Å². The number of amides is 1. The first-order valence-corrected chi connectivity index (χ1v) is 13.6. The van der Waals surface area contributed by atoms with E-state index in [1.165, 1.54) is 17.6 Å². The van der Waals surface area contributed by atoms with Gasteiger partial charge in [-0.15, -0.1) is 0 Å². The largest absolute Gasteiger partial charge is 0.493 e. The highest BCUT2D eigenvalue weighted by Gasteiger charge is 2.38. The van der Waals surface area contributed by atoms with Gasteiger partial charge in [-0.1, -0.05) is 50.2 Å². The Kier molecular flexibility index (Phi) is 9.09. The maximum absolute atomic E-state index is 13.1. The molecule has 200 valence electrons. The van der Waals surface area contributed by atoms with Gasteiger partial charge in [0.2, 0.25) is 5.91 Å². The summed E-state index contributed by atoms with van der Waals surface area (Å²) in [4.78, 5) is 34.5. The number of nitrogens with zero attached hydrogens (tertiary/aromatic N) is 3. The lowest BCUT2D eigenvalue weighted by molar-refractivity contribution is -0.144. The standard InChI is InChI=1S/C30H41N3O4/c1-24(2)23-36-28-12-8-7-9-26(28)21-31-17-13-30(14-18-31)15-19-32(20-16-30)29(35)22-33(37-25(3)34)27-10-5-4-6-11-27/h4-12,24H,13-23H2,1-3H3. The zero-order chi connectivity index (χ0) is 26.3. The molecule has 0 N–H and O–H groups in total. The van der Waals surface area contributed by atoms with E-state index in [0.29, 0.717) is 17.0 Å². The summed E-state index contributed by atoms with van der Waals surface area (Å²) >= 11 is 0. The number of hydroxylamine groups is 1. The smallest absolute Gasteiger partial charge is 0.329 e.